The maximum atomic E-state index is 12.8. The second-order valence-corrected chi connectivity index (χ2v) is 7.34. The van der Waals surface area contributed by atoms with Crippen LogP contribution in [0, 0.1) is 5.92 Å². The topological polar surface area (TPSA) is 45.2 Å². The van der Waals surface area contributed by atoms with Gasteiger partial charge in [-0.15, -0.1) is 0 Å². The molecule has 1 amide bonds. The largest absolute Gasteiger partial charge is 0.347 e. The molecule has 0 saturated carbocycles. The van der Waals surface area contributed by atoms with E-state index in [2.05, 4.69) is 29.0 Å². The number of nitrogens with zero attached hydrogens (tertiary/aromatic N) is 2. The standard InChI is InChI=1S/C19H23N3O/c1-19(2)17(13-7-10-22(19)11-8-13)21-18(23)15-5-6-16-14(12-15)4-3-9-20-16/h3-6,9,12-13,17H,7-8,10-11H2,1-2H3,(H,21,23). The molecule has 4 heteroatoms. The Labute approximate surface area is 136 Å². The van der Waals surface area contributed by atoms with Gasteiger partial charge in [0.1, 0.15) is 0 Å². The molecule has 1 aromatic heterocycles. The molecule has 1 aromatic carbocycles. The number of rotatable bonds is 2. The Kier molecular flexibility index (Phi) is 3.38. The molecule has 3 fully saturated rings. The molecule has 23 heavy (non-hydrogen) atoms. The maximum Gasteiger partial charge on any atom is 0.251 e. The van der Waals surface area contributed by atoms with Crippen molar-refractivity contribution in [3.8, 4) is 0 Å². The molecule has 0 aliphatic carbocycles. The van der Waals surface area contributed by atoms with Gasteiger partial charge in [-0.05, 0) is 70.0 Å². The normalized spacial score (nSPS) is 28.7. The van der Waals surface area contributed by atoms with E-state index in [-0.39, 0.29) is 17.5 Å². The summed E-state index contributed by atoms with van der Waals surface area (Å²) in [6, 6.07) is 9.86. The first-order chi connectivity index (χ1) is 11.1. The minimum atomic E-state index is 0.0302. The first-order valence-corrected chi connectivity index (χ1v) is 8.46. The van der Waals surface area contributed by atoms with E-state index in [0.29, 0.717) is 5.92 Å². The van der Waals surface area contributed by atoms with Crippen LogP contribution in [0.3, 0.4) is 0 Å². The number of amides is 1. The first kappa shape index (κ1) is 14.6. The molecule has 120 valence electrons. The molecule has 3 aliphatic rings. The number of benzene rings is 1. The van der Waals surface area contributed by atoms with Crippen molar-refractivity contribution in [2.24, 2.45) is 5.92 Å². The summed E-state index contributed by atoms with van der Waals surface area (Å²) in [6.07, 6.45) is 4.16. The zero-order valence-electron chi connectivity index (χ0n) is 13.7. The minimum absolute atomic E-state index is 0.0302. The van der Waals surface area contributed by atoms with Crippen LogP contribution in [0.4, 0.5) is 0 Å². The fourth-order valence-electron chi connectivity index (χ4n) is 4.32. The van der Waals surface area contributed by atoms with E-state index in [9.17, 15) is 4.79 Å². The number of carbonyl (C=O) groups excluding carboxylic acids is 1. The van der Waals surface area contributed by atoms with E-state index in [1.165, 1.54) is 12.8 Å². The van der Waals surface area contributed by atoms with Crippen LogP contribution in [-0.4, -0.2) is 40.5 Å². The Morgan fingerprint density at radius 1 is 1.26 bits per heavy atom. The van der Waals surface area contributed by atoms with E-state index in [1.54, 1.807) is 6.20 Å². The SMILES string of the molecule is CC1(C)C(NC(=O)c2ccc3ncccc3c2)C2CCN1CC2. The molecular formula is C19H23N3O. The van der Waals surface area contributed by atoms with Gasteiger partial charge in [-0.25, -0.2) is 0 Å². The Bertz CT molecular complexity index is 747. The lowest BCUT2D eigenvalue weighted by atomic mass is 9.72. The van der Waals surface area contributed by atoms with Gasteiger partial charge >= 0.3 is 0 Å². The summed E-state index contributed by atoms with van der Waals surface area (Å²) in [7, 11) is 0. The highest BCUT2D eigenvalue weighted by molar-refractivity contribution is 5.98. The van der Waals surface area contributed by atoms with Crippen LogP contribution in [0.2, 0.25) is 0 Å². The Hall–Kier alpha value is -1.94. The number of aromatic nitrogens is 1. The third kappa shape index (κ3) is 2.41. The lowest BCUT2D eigenvalue weighted by molar-refractivity contribution is -0.0378. The predicted octanol–water partition coefficient (Wildman–Crippen LogP) is 2.84. The molecule has 5 rings (SSSR count). The quantitative estimate of drug-likeness (QED) is 0.928. The number of pyridine rings is 1. The first-order valence-electron chi connectivity index (χ1n) is 8.46. The smallest absolute Gasteiger partial charge is 0.251 e. The lowest BCUT2D eigenvalue weighted by Gasteiger charge is -2.56. The number of piperidine rings is 3. The van der Waals surface area contributed by atoms with E-state index in [0.717, 1.165) is 29.6 Å². The van der Waals surface area contributed by atoms with Gasteiger partial charge in [-0.2, -0.15) is 0 Å². The third-order valence-electron chi connectivity index (χ3n) is 5.74. The van der Waals surface area contributed by atoms with Gasteiger partial charge in [-0.1, -0.05) is 6.07 Å². The molecular weight excluding hydrogens is 286 g/mol. The second-order valence-electron chi connectivity index (χ2n) is 7.34. The van der Waals surface area contributed by atoms with Gasteiger partial charge < -0.3 is 5.32 Å². The second kappa shape index (κ2) is 5.31. The molecule has 4 nitrogen and oxygen atoms in total. The molecule has 1 atom stereocenters. The number of hydrogen-bond acceptors (Lipinski definition) is 3. The number of hydrogen-bond donors (Lipinski definition) is 1. The van der Waals surface area contributed by atoms with Crippen LogP contribution in [0.25, 0.3) is 10.9 Å². The Morgan fingerprint density at radius 3 is 2.78 bits per heavy atom. The summed E-state index contributed by atoms with van der Waals surface area (Å²) >= 11 is 0. The highest BCUT2D eigenvalue weighted by Gasteiger charge is 2.48. The monoisotopic (exact) mass is 309 g/mol. The third-order valence-corrected chi connectivity index (χ3v) is 5.74. The van der Waals surface area contributed by atoms with Gasteiger partial charge in [0.25, 0.3) is 5.91 Å². The van der Waals surface area contributed by atoms with Crippen LogP contribution < -0.4 is 5.32 Å². The summed E-state index contributed by atoms with van der Waals surface area (Å²) in [4.78, 5) is 19.6. The molecule has 1 unspecified atom stereocenters. The Balaban J connectivity index is 1.59. The number of carbonyl (C=O) groups is 1. The maximum absolute atomic E-state index is 12.8. The summed E-state index contributed by atoms with van der Waals surface area (Å²) in [6.45, 7) is 6.83. The van der Waals surface area contributed by atoms with Crippen LogP contribution in [0.5, 0.6) is 0 Å². The molecule has 1 N–H and O–H groups in total. The summed E-state index contributed by atoms with van der Waals surface area (Å²) in [5.74, 6) is 0.628. The van der Waals surface area contributed by atoms with Crippen molar-refractivity contribution in [3.05, 3.63) is 42.1 Å². The molecule has 3 aliphatic heterocycles. The van der Waals surface area contributed by atoms with Crippen LogP contribution in [-0.2, 0) is 0 Å². The van der Waals surface area contributed by atoms with Gasteiger partial charge in [0.05, 0.1) is 5.52 Å². The van der Waals surface area contributed by atoms with Crippen LogP contribution >= 0.6 is 0 Å². The Morgan fingerprint density at radius 2 is 2.04 bits per heavy atom. The number of fused-ring (bicyclic) bond motifs is 4. The van der Waals surface area contributed by atoms with Gasteiger partial charge in [0.2, 0.25) is 0 Å². The van der Waals surface area contributed by atoms with Crippen molar-refractivity contribution < 1.29 is 4.79 Å². The molecule has 2 bridgehead atoms. The zero-order chi connectivity index (χ0) is 16.0. The lowest BCUT2D eigenvalue weighted by Crippen LogP contribution is -2.69. The van der Waals surface area contributed by atoms with Crippen molar-refractivity contribution in [2.75, 3.05) is 13.1 Å². The van der Waals surface area contributed by atoms with E-state index in [4.69, 9.17) is 0 Å². The van der Waals surface area contributed by atoms with Crippen molar-refractivity contribution in [1.29, 1.82) is 0 Å². The summed E-state index contributed by atoms with van der Waals surface area (Å²) in [5, 5.41) is 4.33. The fourth-order valence-corrected chi connectivity index (χ4v) is 4.32. The van der Waals surface area contributed by atoms with Gasteiger partial charge in [-0.3, -0.25) is 14.7 Å². The van der Waals surface area contributed by atoms with Gasteiger partial charge in [0, 0.05) is 28.7 Å². The van der Waals surface area contributed by atoms with Crippen LogP contribution in [0.1, 0.15) is 37.0 Å². The van der Waals surface area contributed by atoms with Crippen molar-refractivity contribution in [3.63, 3.8) is 0 Å². The average Bonchev–Trinajstić information content (AvgIpc) is 2.58. The van der Waals surface area contributed by atoms with Crippen molar-refractivity contribution >= 4 is 16.8 Å². The zero-order valence-corrected chi connectivity index (χ0v) is 13.7. The van der Waals surface area contributed by atoms with Crippen molar-refractivity contribution in [1.82, 2.24) is 15.2 Å². The van der Waals surface area contributed by atoms with E-state index in [1.807, 2.05) is 30.3 Å². The van der Waals surface area contributed by atoms with E-state index < -0.39 is 0 Å². The van der Waals surface area contributed by atoms with E-state index >= 15 is 0 Å². The van der Waals surface area contributed by atoms with Crippen LogP contribution in [0.15, 0.2) is 36.5 Å². The fraction of sp³-hybridized carbons (Fsp3) is 0.474. The minimum Gasteiger partial charge on any atom is -0.347 e. The highest BCUT2D eigenvalue weighted by Crippen LogP contribution is 2.39. The molecule has 2 aromatic rings. The average molecular weight is 309 g/mol. The molecule has 4 heterocycles. The van der Waals surface area contributed by atoms with Crippen molar-refractivity contribution in [2.45, 2.75) is 38.3 Å². The summed E-state index contributed by atoms with van der Waals surface area (Å²) < 4.78 is 0. The van der Waals surface area contributed by atoms with Gasteiger partial charge in [0.15, 0.2) is 0 Å². The molecule has 0 spiro atoms. The molecule has 3 saturated heterocycles. The summed E-state index contributed by atoms with van der Waals surface area (Å²) in [5.41, 5.74) is 1.68. The number of nitrogens with one attached hydrogen (secondary N) is 1. The molecule has 0 radical (unpaired) electrons. The predicted molar refractivity (Wildman–Crippen MR) is 91.4 cm³/mol. The highest BCUT2D eigenvalue weighted by atomic mass is 16.1.